The van der Waals surface area contributed by atoms with E-state index in [1.807, 2.05) is 0 Å². The summed E-state index contributed by atoms with van der Waals surface area (Å²) in [7, 11) is 0. The van der Waals surface area contributed by atoms with Gasteiger partial charge >= 0.3 is 6.09 Å². The summed E-state index contributed by atoms with van der Waals surface area (Å²) in [5, 5.41) is 0. The maximum atomic E-state index is 13.5. The fourth-order valence-electron chi connectivity index (χ4n) is 4.16. The Morgan fingerprint density at radius 2 is 1.32 bits per heavy atom. The lowest BCUT2D eigenvalue weighted by Crippen LogP contribution is -2.52. The number of para-hydroxylation sites is 1. The Morgan fingerprint density at radius 1 is 0.838 bits per heavy atom. The van der Waals surface area contributed by atoms with Crippen LogP contribution in [0.15, 0.2) is 30.3 Å². The summed E-state index contributed by atoms with van der Waals surface area (Å²) in [6.45, 7) is 9.37. The Labute approximate surface area is 238 Å². The molecule has 0 N–H and O–H groups in total. The quantitative estimate of drug-likeness (QED) is 0.101. The molecule has 0 saturated heterocycles. The normalized spacial score (nSPS) is 14.0. The molecule has 7 heteroatoms. The summed E-state index contributed by atoms with van der Waals surface area (Å²) < 4.78 is 3.81. The van der Waals surface area contributed by atoms with Gasteiger partial charge in [0.2, 0.25) is 3.78 Å². The number of hydrogen-bond donors (Lipinski definition) is 0. The Bertz CT molecular complexity index is 823. The van der Waals surface area contributed by atoms with Crippen molar-refractivity contribution in [2.75, 3.05) is 4.90 Å². The lowest BCUT2D eigenvalue weighted by Gasteiger charge is -2.31. The number of benzene rings is 1. The van der Waals surface area contributed by atoms with E-state index in [2.05, 4.69) is 29.8 Å². The number of Topliss-reactive ketones (excluding diaryl/α,β-unsaturated/α-hetero) is 1. The van der Waals surface area contributed by atoms with E-state index in [1.165, 1.54) is 44.9 Å². The molecular weight excluding hydrogens is 554 g/mol. The first-order valence-corrected chi connectivity index (χ1v) is 15.2. The second kappa shape index (κ2) is 17.2. The Hall–Kier alpha value is -1.40. The van der Waals surface area contributed by atoms with E-state index in [9.17, 15) is 14.4 Å². The number of ether oxygens (including phenoxy) is 1. The predicted molar refractivity (Wildman–Crippen MR) is 158 cm³/mol. The Morgan fingerprint density at radius 3 is 1.84 bits per heavy atom. The third-order valence-corrected chi connectivity index (χ3v) is 7.44. The second-order valence-electron chi connectivity index (χ2n) is 10.9. The number of ketones is 1. The summed E-state index contributed by atoms with van der Waals surface area (Å²) in [6.07, 6.45) is 13.3. The first kappa shape index (κ1) is 33.6. The zero-order valence-corrected chi connectivity index (χ0v) is 25.8. The third kappa shape index (κ3) is 11.9. The van der Waals surface area contributed by atoms with Crippen molar-refractivity contribution in [1.82, 2.24) is 0 Å². The first-order chi connectivity index (χ1) is 17.5. The number of rotatable bonds is 17. The molecule has 0 aliphatic rings. The van der Waals surface area contributed by atoms with E-state index in [0.717, 1.165) is 43.4 Å². The SMILES string of the molecule is CCCCCCCCCCCC(CCCC)OC(=O)N(C(=O)C(Cl)(Br)C(=O)C(C)(C)C)c1ccccc1. The number of nitrogens with zero attached hydrogens (tertiary/aromatic N) is 1. The van der Waals surface area contributed by atoms with Crippen LogP contribution in [-0.4, -0.2) is 27.7 Å². The number of imide groups is 1. The highest BCUT2D eigenvalue weighted by molar-refractivity contribution is 9.11. The van der Waals surface area contributed by atoms with Crippen LogP contribution in [0.2, 0.25) is 0 Å². The molecule has 1 aromatic rings. The summed E-state index contributed by atoms with van der Waals surface area (Å²) in [5.41, 5.74) is -0.590. The van der Waals surface area contributed by atoms with Crippen molar-refractivity contribution in [2.45, 2.75) is 128 Å². The fraction of sp³-hybridized carbons (Fsp3) is 0.700. The molecule has 5 nitrogen and oxygen atoms in total. The number of unbranched alkanes of at least 4 members (excludes halogenated alkanes) is 9. The standard InChI is InChI=1S/C30H47BrClNO4/c1-6-8-10-11-12-13-14-15-19-23-25(22-9-7-2)37-28(36)33(24-20-17-16-18-21-24)27(35)30(31,32)26(34)29(3,4)5/h16-18,20-21,25H,6-15,19,22-23H2,1-5H3. The number of anilines is 1. The van der Waals surface area contributed by atoms with Gasteiger partial charge in [0.25, 0.3) is 5.91 Å². The fourth-order valence-corrected chi connectivity index (χ4v) is 5.30. The van der Waals surface area contributed by atoms with Crippen molar-refractivity contribution in [3.05, 3.63) is 30.3 Å². The van der Waals surface area contributed by atoms with Crippen LogP contribution in [0, 0.1) is 5.41 Å². The Kier molecular flexibility index (Phi) is 15.7. The van der Waals surface area contributed by atoms with E-state index in [1.54, 1.807) is 51.1 Å². The average molecular weight is 601 g/mol. The zero-order valence-electron chi connectivity index (χ0n) is 23.5. The molecule has 0 bridgehead atoms. The number of carbonyl (C=O) groups excluding carboxylic acids is 3. The van der Waals surface area contributed by atoms with Crippen LogP contribution in [0.4, 0.5) is 10.5 Å². The van der Waals surface area contributed by atoms with E-state index < -0.39 is 27.0 Å². The molecule has 0 heterocycles. The van der Waals surface area contributed by atoms with Gasteiger partial charge in [-0.05, 0) is 47.3 Å². The third-order valence-electron chi connectivity index (χ3n) is 6.41. The molecule has 2 amide bonds. The summed E-state index contributed by atoms with van der Waals surface area (Å²) in [4.78, 5) is 40.8. The lowest BCUT2D eigenvalue weighted by atomic mass is 9.88. The van der Waals surface area contributed by atoms with Gasteiger partial charge in [-0.1, -0.05) is 129 Å². The smallest absolute Gasteiger partial charge is 0.421 e. The number of alkyl halides is 2. The van der Waals surface area contributed by atoms with E-state index in [0.29, 0.717) is 5.69 Å². The minimum Gasteiger partial charge on any atom is -0.446 e. The molecule has 2 atom stereocenters. The van der Waals surface area contributed by atoms with Crippen LogP contribution < -0.4 is 4.90 Å². The van der Waals surface area contributed by atoms with Gasteiger partial charge in [-0.15, -0.1) is 0 Å². The van der Waals surface area contributed by atoms with Gasteiger partial charge < -0.3 is 4.74 Å². The topological polar surface area (TPSA) is 63.7 Å². The van der Waals surface area contributed by atoms with Crippen molar-refractivity contribution < 1.29 is 19.1 Å². The molecule has 0 radical (unpaired) electrons. The van der Waals surface area contributed by atoms with Gasteiger partial charge in [-0.25, -0.2) is 9.69 Å². The van der Waals surface area contributed by atoms with Gasteiger partial charge in [-0.2, -0.15) is 0 Å². The van der Waals surface area contributed by atoms with E-state index >= 15 is 0 Å². The molecule has 0 aliphatic carbocycles. The van der Waals surface area contributed by atoms with Crippen LogP contribution in [-0.2, 0) is 14.3 Å². The highest BCUT2D eigenvalue weighted by Gasteiger charge is 2.50. The molecule has 0 spiro atoms. The number of carbonyl (C=O) groups is 3. The maximum Gasteiger partial charge on any atom is 0.421 e. The van der Waals surface area contributed by atoms with Crippen LogP contribution in [0.5, 0.6) is 0 Å². The molecule has 0 saturated carbocycles. The van der Waals surface area contributed by atoms with E-state index in [4.69, 9.17) is 16.3 Å². The summed E-state index contributed by atoms with van der Waals surface area (Å²) in [5.74, 6) is -1.40. The zero-order chi connectivity index (χ0) is 27.9. The van der Waals surface area contributed by atoms with Gasteiger partial charge in [0.05, 0.1) is 5.69 Å². The molecule has 0 fully saturated rings. The highest BCUT2D eigenvalue weighted by atomic mass is 79.9. The average Bonchev–Trinajstić information content (AvgIpc) is 2.85. The number of hydrogen-bond acceptors (Lipinski definition) is 4. The minimum atomic E-state index is -2.09. The molecule has 37 heavy (non-hydrogen) atoms. The molecule has 210 valence electrons. The number of halogens is 2. The monoisotopic (exact) mass is 599 g/mol. The van der Waals surface area contributed by atoms with Gasteiger partial charge in [0.15, 0.2) is 5.78 Å². The number of amides is 2. The molecule has 1 rings (SSSR count). The molecule has 1 aromatic carbocycles. The van der Waals surface area contributed by atoms with Crippen molar-refractivity contribution >= 4 is 51.0 Å². The van der Waals surface area contributed by atoms with Crippen LogP contribution >= 0.6 is 27.5 Å². The van der Waals surface area contributed by atoms with Gasteiger partial charge in [0, 0.05) is 5.41 Å². The van der Waals surface area contributed by atoms with Crippen molar-refractivity contribution in [3.8, 4) is 0 Å². The Balaban J connectivity index is 2.90. The van der Waals surface area contributed by atoms with Crippen molar-refractivity contribution in [2.24, 2.45) is 5.41 Å². The van der Waals surface area contributed by atoms with E-state index in [-0.39, 0.29) is 6.10 Å². The summed E-state index contributed by atoms with van der Waals surface area (Å²) in [6, 6.07) is 8.48. The largest absolute Gasteiger partial charge is 0.446 e. The minimum absolute atomic E-state index is 0.297. The van der Waals surface area contributed by atoms with Gasteiger partial charge in [0.1, 0.15) is 6.10 Å². The summed E-state index contributed by atoms with van der Waals surface area (Å²) >= 11 is 9.60. The van der Waals surface area contributed by atoms with Crippen LogP contribution in [0.25, 0.3) is 0 Å². The van der Waals surface area contributed by atoms with Crippen molar-refractivity contribution in [3.63, 3.8) is 0 Å². The molecular formula is C30H47BrClNO4. The van der Waals surface area contributed by atoms with Crippen LogP contribution in [0.1, 0.15) is 118 Å². The lowest BCUT2D eigenvalue weighted by molar-refractivity contribution is -0.131. The van der Waals surface area contributed by atoms with Crippen molar-refractivity contribution in [1.29, 1.82) is 0 Å². The highest BCUT2D eigenvalue weighted by Crippen LogP contribution is 2.37. The maximum absolute atomic E-state index is 13.5. The molecule has 0 aromatic heterocycles. The predicted octanol–water partition coefficient (Wildman–Crippen LogP) is 9.58. The molecule has 2 unspecified atom stereocenters. The first-order valence-electron chi connectivity index (χ1n) is 14.0. The van der Waals surface area contributed by atoms with Crippen LogP contribution in [0.3, 0.4) is 0 Å². The van der Waals surface area contributed by atoms with Gasteiger partial charge in [-0.3, -0.25) is 9.59 Å². The molecule has 0 aliphatic heterocycles. The second-order valence-corrected chi connectivity index (χ2v) is 13.1.